The number of ether oxygens (including phenoxy) is 1. The fourth-order valence-corrected chi connectivity index (χ4v) is 3.18. The van der Waals surface area contributed by atoms with Crippen molar-refractivity contribution in [2.24, 2.45) is 0 Å². The molecule has 2 aromatic carbocycles. The van der Waals surface area contributed by atoms with E-state index in [1.54, 1.807) is 17.4 Å². The number of rotatable bonds is 6. The van der Waals surface area contributed by atoms with Crippen LogP contribution in [0.4, 0.5) is 14.5 Å². The summed E-state index contributed by atoms with van der Waals surface area (Å²) in [4.78, 5) is 14.1. The molecule has 3 rings (SSSR count). The standard InChI is InChI=1S/C20H15F2NO2S/c21-20(22)25-16-8-6-15(7-9-16)23-19(24)13-11-17-10-12-18(26-17)14-4-2-1-3-5-14/h1-13,20H,(H,23,24)/b13-11+. The van der Waals surface area contributed by atoms with Crippen molar-refractivity contribution >= 4 is 29.0 Å². The van der Waals surface area contributed by atoms with Gasteiger partial charge >= 0.3 is 6.61 Å². The number of thiophene rings is 1. The third-order valence-corrected chi connectivity index (χ3v) is 4.53. The fraction of sp³-hybridized carbons (Fsp3) is 0.0500. The number of carbonyl (C=O) groups excluding carboxylic acids is 1. The Labute approximate surface area is 153 Å². The molecule has 26 heavy (non-hydrogen) atoms. The maximum atomic E-state index is 12.1. The summed E-state index contributed by atoms with van der Waals surface area (Å²) in [5, 5.41) is 2.67. The van der Waals surface area contributed by atoms with Crippen molar-refractivity contribution < 1.29 is 18.3 Å². The van der Waals surface area contributed by atoms with Gasteiger partial charge in [0.25, 0.3) is 0 Å². The molecule has 3 nitrogen and oxygen atoms in total. The number of hydrogen-bond acceptors (Lipinski definition) is 3. The second-order valence-electron chi connectivity index (χ2n) is 5.29. The molecule has 0 unspecified atom stereocenters. The number of benzene rings is 2. The molecule has 0 fully saturated rings. The van der Waals surface area contributed by atoms with Crippen molar-refractivity contribution in [2.45, 2.75) is 6.61 Å². The average molecular weight is 371 g/mol. The first-order valence-corrected chi connectivity index (χ1v) is 8.61. The molecule has 0 saturated carbocycles. The molecule has 0 radical (unpaired) electrons. The van der Waals surface area contributed by atoms with Gasteiger partial charge in [0.15, 0.2) is 0 Å². The number of nitrogens with one attached hydrogen (secondary N) is 1. The van der Waals surface area contributed by atoms with Crippen molar-refractivity contribution in [1.29, 1.82) is 0 Å². The molecule has 132 valence electrons. The number of alkyl halides is 2. The molecule has 0 saturated heterocycles. The van der Waals surface area contributed by atoms with Crippen LogP contribution in [0.25, 0.3) is 16.5 Å². The molecule has 0 aliphatic carbocycles. The zero-order valence-corrected chi connectivity index (χ0v) is 14.4. The summed E-state index contributed by atoms with van der Waals surface area (Å²) in [7, 11) is 0. The van der Waals surface area contributed by atoms with Gasteiger partial charge in [-0.2, -0.15) is 8.78 Å². The van der Waals surface area contributed by atoms with Crippen LogP contribution in [-0.4, -0.2) is 12.5 Å². The van der Waals surface area contributed by atoms with Crippen molar-refractivity contribution in [3.63, 3.8) is 0 Å². The summed E-state index contributed by atoms with van der Waals surface area (Å²) >= 11 is 1.59. The molecule has 1 heterocycles. The summed E-state index contributed by atoms with van der Waals surface area (Å²) in [6.07, 6.45) is 3.17. The van der Waals surface area contributed by atoms with Crippen LogP contribution in [0.2, 0.25) is 0 Å². The highest BCUT2D eigenvalue weighted by atomic mass is 32.1. The molecule has 0 atom stereocenters. The van der Waals surface area contributed by atoms with E-state index >= 15 is 0 Å². The van der Waals surface area contributed by atoms with Gasteiger partial charge in [0.2, 0.25) is 5.91 Å². The van der Waals surface area contributed by atoms with Gasteiger partial charge in [-0.1, -0.05) is 30.3 Å². The minimum Gasteiger partial charge on any atom is -0.435 e. The molecule has 1 N–H and O–H groups in total. The number of halogens is 2. The number of hydrogen-bond donors (Lipinski definition) is 1. The Morgan fingerprint density at radius 2 is 1.73 bits per heavy atom. The van der Waals surface area contributed by atoms with E-state index in [9.17, 15) is 13.6 Å². The quantitative estimate of drug-likeness (QED) is 0.567. The Bertz CT molecular complexity index is 890. The van der Waals surface area contributed by atoms with E-state index in [-0.39, 0.29) is 11.7 Å². The second kappa shape index (κ2) is 8.40. The minimum atomic E-state index is -2.87. The molecule has 1 amide bonds. The highest BCUT2D eigenvalue weighted by molar-refractivity contribution is 7.16. The monoisotopic (exact) mass is 371 g/mol. The zero-order chi connectivity index (χ0) is 18.4. The van der Waals surface area contributed by atoms with E-state index in [1.165, 1.54) is 30.3 Å². The van der Waals surface area contributed by atoms with Gasteiger partial charge in [0.05, 0.1) is 0 Å². The lowest BCUT2D eigenvalue weighted by molar-refractivity contribution is -0.111. The molecule has 0 bridgehead atoms. The van der Waals surface area contributed by atoms with Crippen molar-refractivity contribution in [1.82, 2.24) is 0 Å². The van der Waals surface area contributed by atoms with Crippen LogP contribution >= 0.6 is 11.3 Å². The van der Waals surface area contributed by atoms with Crippen LogP contribution in [0.15, 0.2) is 72.8 Å². The van der Waals surface area contributed by atoms with Crippen LogP contribution < -0.4 is 10.1 Å². The van der Waals surface area contributed by atoms with Crippen molar-refractivity contribution in [3.05, 3.63) is 77.7 Å². The molecule has 6 heteroatoms. The lowest BCUT2D eigenvalue weighted by Gasteiger charge is -2.06. The first-order chi connectivity index (χ1) is 12.6. The van der Waals surface area contributed by atoms with Gasteiger partial charge in [0, 0.05) is 21.5 Å². The predicted octanol–water partition coefficient (Wildman–Crippen LogP) is 5.67. The average Bonchev–Trinajstić information content (AvgIpc) is 3.11. The van der Waals surface area contributed by atoms with Crippen molar-refractivity contribution in [2.75, 3.05) is 5.32 Å². The lowest BCUT2D eigenvalue weighted by Crippen LogP contribution is -2.07. The molecular weight excluding hydrogens is 356 g/mol. The maximum Gasteiger partial charge on any atom is 0.387 e. The maximum absolute atomic E-state index is 12.1. The van der Waals surface area contributed by atoms with Crippen molar-refractivity contribution in [3.8, 4) is 16.2 Å². The second-order valence-corrected chi connectivity index (χ2v) is 6.41. The normalized spacial score (nSPS) is 11.0. The summed E-state index contributed by atoms with van der Waals surface area (Å²) in [6.45, 7) is -2.87. The van der Waals surface area contributed by atoms with Gasteiger partial charge in [-0.15, -0.1) is 11.3 Å². The lowest BCUT2D eigenvalue weighted by atomic mass is 10.2. The van der Waals surface area contributed by atoms with Gasteiger partial charge in [-0.05, 0) is 48.0 Å². The Morgan fingerprint density at radius 1 is 1.00 bits per heavy atom. The Hall–Kier alpha value is -2.99. The van der Waals surface area contributed by atoms with Gasteiger partial charge < -0.3 is 10.1 Å². The Balaban J connectivity index is 1.59. The third-order valence-electron chi connectivity index (χ3n) is 3.43. The predicted molar refractivity (Wildman–Crippen MR) is 100 cm³/mol. The highest BCUT2D eigenvalue weighted by Gasteiger charge is 2.05. The van der Waals surface area contributed by atoms with Crippen LogP contribution in [-0.2, 0) is 4.79 Å². The van der Waals surface area contributed by atoms with E-state index in [0.717, 1.165) is 15.3 Å². The third kappa shape index (κ3) is 5.00. The number of carbonyl (C=O) groups is 1. The van der Waals surface area contributed by atoms with E-state index in [0.29, 0.717) is 5.69 Å². The number of amides is 1. The topological polar surface area (TPSA) is 38.3 Å². The van der Waals surface area contributed by atoms with Crippen LogP contribution in [0.1, 0.15) is 4.88 Å². The van der Waals surface area contributed by atoms with Gasteiger partial charge in [-0.3, -0.25) is 4.79 Å². The largest absolute Gasteiger partial charge is 0.435 e. The van der Waals surface area contributed by atoms with Crippen LogP contribution in [0, 0.1) is 0 Å². The van der Waals surface area contributed by atoms with Gasteiger partial charge in [-0.25, -0.2) is 0 Å². The minimum absolute atomic E-state index is 0.0422. The molecule has 0 aliphatic heterocycles. The summed E-state index contributed by atoms with van der Waals surface area (Å²) in [5.41, 5.74) is 1.63. The summed E-state index contributed by atoms with van der Waals surface area (Å²) in [6, 6.07) is 19.7. The van der Waals surface area contributed by atoms with Gasteiger partial charge in [0.1, 0.15) is 5.75 Å². The SMILES string of the molecule is O=C(/C=C/c1ccc(-c2ccccc2)s1)Nc1ccc(OC(F)F)cc1. The molecule has 0 spiro atoms. The zero-order valence-electron chi connectivity index (χ0n) is 13.6. The summed E-state index contributed by atoms with van der Waals surface area (Å²) < 4.78 is 28.5. The highest BCUT2D eigenvalue weighted by Crippen LogP contribution is 2.28. The van der Waals surface area contributed by atoms with E-state index in [2.05, 4.69) is 10.1 Å². The van der Waals surface area contributed by atoms with E-state index < -0.39 is 6.61 Å². The molecule has 0 aliphatic rings. The van der Waals surface area contributed by atoms with Crippen LogP contribution in [0.3, 0.4) is 0 Å². The fourth-order valence-electron chi connectivity index (χ4n) is 2.26. The number of anilines is 1. The first-order valence-electron chi connectivity index (χ1n) is 7.79. The first kappa shape index (κ1) is 17.8. The Morgan fingerprint density at radius 3 is 2.42 bits per heavy atom. The van der Waals surface area contributed by atoms with E-state index in [4.69, 9.17) is 0 Å². The summed E-state index contributed by atoms with van der Waals surface area (Å²) in [5.74, 6) is -0.261. The van der Waals surface area contributed by atoms with Crippen LogP contribution in [0.5, 0.6) is 5.75 Å². The molecule has 1 aromatic heterocycles. The molecular formula is C20H15F2NO2S. The molecule has 3 aromatic rings. The Kier molecular flexibility index (Phi) is 5.76. The smallest absolute Gasteiger partial charge is 0.387 e. The van der Waals surface area contributed by atoms with E-state index in [1.807, 2.05) is 42.5 Å².